The molecule has 0 unspecified atom stereocenters. The zero-order valence-electron chi connectivity index (χ0n) is 22.2. The third kappa shape index (κ3) is 3.16. The summed E-state index contributed by atoms with van der Waals surface area (Å²) in [5.41, 5.74) is 14.9. The second-order valence-corrected chi connectivity index (χ2v) is 11.8. The maximum absolute atomic E-state index is 2.59. The van der Waals surface area contributed by atoms with Gasteiger partial charge in [-0.3, -0.25) is 0 Å². The summed E-state index contributed by atoms with van der Waals surface area (Å²) in [5, 5.41) is 0. The summed E-state index contributed by atoms with van der Waals surface area (Å²) in [6, 6.07) is 33.7. The van der Waals surface area contributed by atoms with Crippen LogP contribution in [0.1, 0.15) is 57.2 Å². The zero-order chi connectivity index (χ0) is 25.4. The number of nitrogens with zero attached hydrogens (tertiary/aromatic N) is 1. The lowest BCUT2D eigenvalue weighted by atomic mass is 9.64. The lowest BCUT2D eigenvalue weighted by molar-refractivity contribution is 0.556. The molecule has 1 aliphatic carbocycles. The van der Waals surface area contributed by atoms with E-state index in [0.717, 1.165) is 12.8 Å². The predicted molar refractivity (Wildman–Crippen MR) is 156 cm³/mol. The number of benzene rings is 4. The molecule has 0 radical (unpaired) electrons. The van der Waals surface area contributed by atoms with Crippen LogP contribution in [0.25, 0.3) is 22.3 Å². The van der Waals surface area contributed by atoms with E-state index in [4.69, 9.17) is 0 Å². The first-order valence-electron chi connectivity index (χ1n) is 13.5. The number of allylic oxidation sites excluding steroid dienone is 3. The molecule has 0 spiro atoms. The van der Waals surface area contributed by atoms with Crippen molar-refractivity contribution in [2.75, 3.05) is 4.90 Å². The van der Waals surface area contributed by atoms with Gasteiger partial charge in [-0.2, -0.15) is 0 Å². The highest BCUT2D eigenvalue weighted by molar-refractivity contribution is 5.91. The van der Waals surface area contributed by atoms with Crippen LogP contribution in [0.5, 0.6) is 0 Å². The van der Waals surface area contributed by atoms with Gasteiger partial charge in [0.15, 0.2) is 0 Å². The lowest BCUT2D eigenvalue weighted by Gasteiger charge is -2.51. The van der Waals surface area contributed by atoms with Crippen molar-refractivity contribution in [3.63, 3.8) is 0 Å². The van der Waals surface area contributed by atoms with Crippen LogP contribution < -0.4 is 4.90 Å². The maximum Gasteiger partial charge on any atom is 0.0543 e. The summed E-state index contributed by atoms with van der Waals surface area (Å²) in [6.45, 7) is 9.69. The summed E-state index contributed by atoms with van der Waals surface area (Å²) in [7, 11) is 0. The summed E-state index contributed by atoms with van der Waals surface area (Å²) in [5.74, 6) is 0. The highest BCUT2D eigenvalue weighted by Crippen LogP contribution is 2.60. The molecule has 2 aliphatic heterocycles. The van der Waals surface area contributed by atoms with Gasteiger partial charge in [0, 0.05) is 16.5 Å². The molecule has 0 N–H and O–H groups in total. The fraction of sp³-hybridized carbons (Fsp3) is 0.222. The molecule has 37 heavy (non-hydrogen) atoms. The van der Waals surface area contributed by atoms with Crippen molar-refractivity contribution < 1.29 is 0 Å². The molecule has 0 saturated heterocycles. The van der Waals surface area contributed by atoms with Gasteiger partial charge >= 0.3 is 0 Å². The van der Waals surface area contributed by atoms with Gasteiger partial charge in [0.2, 0.25) is 0 Å². The van der Waals surface area contributed by atoms with Crippen molar-refractivity contribution in [3.8, 4) is 22.3 Å². The molecule has 0 atom stereocenters. The molecular weight excluding hydrogens is 446 g/mol. The molecule has 0 amide bonds. The highest BCUT2D eigenvalue weighted by atomic mass is 15.2. The van der Waals surface area contributed by atoms with Crippen LogP contribution in [0, 0.1) is 0 Å². The van der Waals surface area contributed by atoms with Crippen LogP contribution in [-0.2, 0) is 10.8 Å². The quantitative estimate of drug-likeness (QED) is 0.276. The van der Waals surface area contributed by atoms with Crippen molar-refractivity contribution in [2.45, 2.75) is 51.4 Å². The zero-order valence-corrected chi connectivity index (χ0v) is 22.2. The van der Waals surface area contributed by atoms with Crippen LogP contribution in [0.2, 0.25) is 0 Å². The first-order chi connectivity index (χ1) is 17.9. The van der Waals surface area contributed by atoms with Crippen molar-refractivity contribution >= 4 is 11.4 Å². The minimum Gasteiger partial charge on any atom is -0.310 e. The average Bonchev–Trinajstić information content (AvgIpc) is 2.93. The van der Waals surface area contributed by atoms with Gasteiger partial charge in [0.25, 0.3) is 0 Å². The number of rotatable bonds is 2. The van der Waals surface area contributed by atoms with E-state index < -0.39 is 0 Å². The summed E-state index contributed by atoms with van der Waals surface area (Å²) in [6.07, 6.45) is 6.96. The minimum absolute atomic E-state index is 0.0248. The number of hydrogen-bond acceptors (Lipinski definition) is 1. The van der Waals surface area contributed by atoms with Crippen LogP contribution in [0.4, 0.5) is 11.4 Å². The van der Waals surface area contributed by atoms with E-state index in [1.54, 1.807) is 5.57 Å². The molecule has 0 bridgehead atoms. The second-order valence-electron chi connectivity index (χ2n) is 11.8. The van der Waals surface area contributed by atoms with Gasteiger partial charge < -0.3 is 4.90 Å². The fourth-order valence-corrected chi connectivity index (χ4v) is 6.84. The Morgan fingerprint density at radius 2 is 1.19 bits per heavy atom. The smallest absolute Gasteiger partial charge is 0.0543 e. The van der Waals surface area contributed by atoms with Crippen LogP contribution in [0.3, 0.4) is 0 Å². The molecule has 1 nitrogen and oxygen atoms in total. The number of fused-ring (bicyclic) bond motifs is 3. The van der Waals surface area contributed by atoms with E-state index in [9.17, 15) is 0 Å². The van der Waals surface area contributed by atoms with Gasteiger partial charge in [-0.1, -0.05) is 101 Å². The van der Waals surface area contributed by atoms with Crippen LogP contribution >= 0.6 is 0 Å². The molecule has 1 heteroatoms. The molecule has 0 aromatic heterocycles. The number of hydrogen-bond donors (Lipinski definition) is 0. The van der Waals surface area contributed by atoms with E-state index >= 15 is 0 Å². The standard InChI is InChI=1S/C36H33N/c1-35(2)28-17-11-12-18-32(28)37-33-20-19-26(24-13-7-5-8-14-24)21-29(33)36(3,4)31-23-27(22-30(35)34(31)37)25-15-9-6-10-16-25/h5-10,12-16,18-23H,11,17H2,1-4H3. The Hall–Kier alpha value is -3.84. The predicted octanol–water partition coefficient (Wildman–Crippen LogP) is 9.69. The van der Waals surface area contributed by atoms with Crippen LogP contribution in [-0.4, -0.2) is 0 Å². The first kappa shape index (κ1) is 22.4. The van der Waals surface area contributed by atoms with Crippen molar-refractivity contribution in [1.82, 2.24) is 0 Å². The molecule has 4 aromatic rings. The summed E-state index contributed by atoms with van der Waals surface area (Å²) < 4.78 is 0. The number of anilines is 2. The van der Waals surface area contributed by atoms with E-state index in [1.807, 2.05) is 0 Å². The van der Waals surface area contributed by atoms with Crippen molar-refractivity contribution in [2.24, 2.45) is 0 Å². The lowest BCUT2D eigenvalue weighted by Crippen LogP contribution is -2.41. The Morgan fingerprint density at radius 3 is 1.86 bits per heavy atom. The van der Waals surface area contributed by atoms with E-state index in [2.05, 4.69) is 136 Å². The third-order valence-corrected chi connectivity index (χ3v) is 8.95. The normalized spacial score (nSPS) is 18.2. The molecular formula is C36H33N. The molecule has 3 aliphatic rings. The van der Waals surface area contributed by atoms with E-state index in [0.29, 0.717) is 0 Å². The Kier molecular flexibility index (Phi) is 4.73. The van der Waals surface area contributed by atoms with Gasteiger partial charge in [0.1, 0.15) is 0 Å². The molecule has 7 rings (SSSR count). The summed E-state index contributed by atoms with van der Waals surface area (Å²) in [4.78, 5) is 2.59. The SMILES string of the molecule is CC1(C)C2=C(C=CCC2)N2c3ccc(-c4ccccc4)cc3C(C)(C)c3cc(-c4ccccc4)cc1c32. The highest BCUT2D eigenvalue weighted by Gasteiger charge is 2.46. The minimum atomic E-state index is -0.141. The molecule has 182 valence electrons. The van der Waals surface area contributed by atoms with E-state index in [1.165, 1.54) is 56.0 Å². The van der Waals surface area contributed by atoms with Gasteiger partial charge in [0.05, 0.1) is 11.4 Å². The van der Waals surface area contributed by atoms with Crippen molar-refractivity contribution in [3.05, 3.63) is 131 Å². The van der Waals surface area contributed by atoms with E-state index in [-0.39, 0.29) is 10.8 Å². The Bertz CT molecular complexity index is 1600. The Balaban J connectivity index is 1.56. The van der Waals surface area contributed by atoms with Crippen LogP contribution in [0.15, 0.2) is 114 Å². The topological polar surface area (TPSA) is 3.24 Å². The third-order valence-electron chi connectivity index (χ3n) is 8.95. The fourth-order valence-electron chi connectivity index (χ4n) is 6.84. The van der Waals surface area contributed by atoms with Gasteiger partial charge in [-0.15, -0.1) is 0 Å². The Labute approximate surface area is 220 Å². The Morgan fingerprint density at radius 1 is 0.595 bits per heavy atom. The van der Waals surface area contributed by atoms with Gasteiger partial charge in [-0.25, -0.2) is 0 Å². The molecule has 0 saturated carbocycles. The monoisotopic (exact) mass is 479 g/mol. The average molecular weight is 480 g/mol. The molecule has 0 fully saturated rings. The molecule has 4 aromatic carbocycles. The van der Waals surface area contributed by atoms with Crippen molar-refractivity contribution in [1.29, 1.82) is 0 Å². The summed E-state index contributed by atoms with van der Waals surface area (Å²) >= 11 is 0. The second kappa shape index (κ2) is 7.83. The largest absolute Gasteiger partial charge is 0.310 e. The van der Waals surface area contributed by atoms with Gasteiger partial charge in [-0.05, 0) is 87.7 Å². The molecule has 2 heterocycles. The first-order valence-corrected chi connectivity index (χ1v) is 13.5. The maximum atomic E-state index is 2.59.